The van der Waals surface area contributed by atoms with E-state index in [0.29, 0.717) is 0 Å². The number of hydrogen-bond donors (Lipinski definition) is 0. The van der Waals surface area contributed by atoms with Crippen LogP contribution in [-0.2, 0) is 0 Å². The predicted molar refractivity (Wildman–Crippen MR) is 121 cm³/mol. The molecule has 0 saturated carbocycles. The lowest BCUT2D eigenvalue weighted by Gasteiger charge is -2.57. The van der Waals surface area contributed by atoms with Crippen LogP contribution >= 0.6 is 0 Å². The van der Waals surface area contributed by atoms with Gasteiger partial charge in [0.1, 0.15) is 0 Å². The molecule has 0 fully saturated rings. The maximum atomic E-state index is 6.05. The quantitative estimate of drug-likeness (QED) is 0.395. The lowest BCUT2D eigenvalue weighted by Crippen LogP contribution is -2.48. The van der Waals surface area contributed by atoms with Crippen LogP contribution in [0.1, 0.15) is 55.4 Å². The van der Waals surface area contributed by atoms with E-state index in [2.05, 4.69) is 104 Å². The number of allylic oxidation sites excluding steroid dienone is 14. The summed E-state index contributed by atoms with van der Waals surface area (Å²) in [7, 11) is 0. The molecule has 0 heteroatoms. The van der Waals surface area contributed by atoms with Crippen molar-refractivity contribution in [3.8, 4) is 12.3 Å². The van der Waals surface area contributed by atoms with Crippen LogP contribution in [0.15, 0.2) is 81.5 Å². The van der Waals surface area contributed by atoms with E-state index in [4.69, 9.17) is 6.42 Å². The van der Waals surface area contributed by atoms with E-state index in [1.54, 1.807) is 0 Å². The molecule has 0 nitrogen and oxygen atoms in total. The number of hydrogen-bond acceptors (Lipinski definition) is 0. The summed E-state index contributed by atoms with van der Waals surface area (Å²) in [5, 5.41) is 0. The molecule has 0 aromatic rings. The molecule has 0 spiro atoms. The van der Waals surface area contributed by atoms with Gasteiger partial charge in [-0.1, -0.05) is 97.8 Å². The van der Waals surface area contributed by atoms with Gasteiger partial charge in [0.25, 0.3) is 0 Å². The summed E-state index contributed by atoms with van der Waals surface area (Å²) in [6, 6.07) is 0. The van der Waals surface area contributed by atoms with Crippen LogP contribution in [0.25, 0.3) is 0 Å². The fraction of sp³-hybridized carbons (Fsp3) is 0.429. The minimum Gasteiger partial charge on any atom is -0.115 e. The van der Waals surface area contributed by atoms with Gasteiger partial charge >= 0.3 is 0 Å². The van der Waals surface area contributed by atoms with Crippen LogP contribution in [0.3, 0.4) is 0 Å². The van der Waals surface area contributed by atoms with Gasteiger partial charge in [0, 0.05) is 16.4 Å². The highest BCUT2D eigenvalue weighted by Gasteiger charge is 2.57. The Labute approximate surface area is 171 Å². The monoisotopic (exact) mass is 368 g/mol. The Morgan fingerprint density at radius 3 is 1.68 bits per heavy atom. The van der Waals surface area contributed by atoms with Gasteiger partial charge in [0.2, 0.25) is 0 Å². The summed E-state index contributed by atoms with van der Waals surface area (Å²) in [6.45, 7) is 18.5. The zero-order chi connectivity index (χ0) is 20.7. The third-order valence-corrected chi connectivity index (χ3v) is 7.42. The molecule has 0 saturated heterocycles. The summed E-state index contributed by atoms with van der Waals surface area (Å²) in [5.74, 6) is 3.02. The molecular formula is C28H32. The van der Waals surface area contributed by atoms with E-state index in [1.807, 2.05) is 0 Å². The molecule has 0 amide bonds. The summed E-state index contributed by atoms with van der Waals surface area (Å²) in [4.78, 5) is 0. The third-order valence-electron chi connectivity index (χ3n) is 7.42. The lowest BCUT2D eigenvalue weighted by atomic mass is 9.45. The van der Waals surface area contributed by atoms with Crippen molar-refractivity contribution in [3.63, 3.8) is 0 Å². The van der Waals surface area contributed by atoms with Gasteiger partial charge in [-0.25, -0.2) is 0 Å². The normalized spacial score (nSPS) is 31.2. The first-order valence-corrected chi connectivity index (χ1v) is 10.3. The molecule has 4 aliphatic rings. The van der Waals surface area contributed by atoms with Gasteiger partial charge in [0.15, 0.2) is 0 Å². The molecule has 4 aliphatic carbocycles. The fourth-order valence-electron chi connectivity index (χ4n) is 5.14. The van der Waals surface area contributed by atoms with Crippen LogP contribution < -0.4 is 0 Å². The number of terminal acetylenes is 1. The molecule has 0 bridgehead atoms. The second-order valence-corrected chi connectivity index (χ2v) is 11.1. The highest BCUT2D eigenvalue weighted by molar-refractivity contribution is 5.72. The van der Waals surface area contributed by atoms with Crippen LogP contribution in [0, 0.1) is 34.0 Å². The van der Waals surface area contributed by atoms with Crippen molar-refractivity contribution in [2.45, 2.75) is 55.4 Å². The molecular weight excluding hydrogens is 336 g/mol. The van der Waals surface area contributed by atoms with Gasteiger partial charge in [0.05, 0.1) is 0 Å². The Morgan fingerprint density at radius 2 is 1.18 bits per heavy atom. The van der Waals surface area contributed by atoms with Crippen LogP contribution in [0.2, 0.25) is 0 Å². The largest absolute Gasteiger partial charge is 0.115 e. The Bertz CT molecular complexity index is 1030. The Hall–Kier alpha value is -2.26. The zero-order valence-electron chi connectivity index (χ0n) is 18.6. The van der Waals surface area contributed by atoms with Crippen molar-refractivity contribution in [3.05, 3.63) is 81.5 Å². The van der Waals surface area contributed by atoms with Crippen molar-refractivity contribution >= 4 is 0 Å². The van der Waals surface area contributed by atoms with Gasteiger partial charge in [-0.05, 0) is 50.3 Å². The first-order chi connectivity index (χ1) is 12.8. The molecule has 0 heterocycles. The van der Waals surface area contributed by atoms with Crippen LogP contribution in [0.5, 0.6) is 0 Å². The Morgan fingerprint density at radius 1 is 0.679 bits per heavy atom. The predicted octanol–water partition coefficient (Wildman–Crippen LogP) is 7.26. The minimum atomic E-state index is -0.145. The molecule has 0 aromatic heterocycles. The van der Waals surface area contributed by atoms with Crippen LogP contribution in [0.4, 0.5) is 0 Å². The molecule has 0 N–H and O–H groups in total. The average molecular weight is 369 g/mol. The molecule has 0 radical (unpaired) electrons. The first-order valence-electron chi connectivity index (χ1n) is 10.3. The maximum absolute atomic E-state index is 6.05. The van der Waals surface area contributed by atoms with Gasteiger partial charge in [-0.15, -0.1) is 6.42 Å². The summed E-state index contributed by atoms with van der Waals surface area (Å²) < 4.78 is 0. The van der Waals surface area contributed by atoms with Gasteiger partial charge in [-0.3, -0.25) is 0 Å². The van der Waals surface area contributed by atoms with Crippen molar-refractivity contribution in [1.82, 2.24) is 0 Å². The second-order valence-electron chi connectivity index (χ2n) is 11.1. The summed E-state index contributed by atoms with van der Waals surface area (Å²) >= 11 is 0. The standard InChI is InChI=1S/C28H32/c1-10-18-13-23-16-21(25(2,3)4)14-19-11-12-20-15-22(26(5,6)7)17-24(18)28(20,9)27(19,23)8/h1,11-17H,2-9H3/t27-,28-/m1/s1. The molecule has 144 valence electrons. The highest BCUT2D eigenvalue weighted by Crippen LogP contribution is 2.67. The van der Waals surface area contributed by atoms with E-state index in [1.165, 1.54) is 33.4 Å². The van der Waals surface area contributed by atoms with E-state index >= 15 is 0 Å². The SMILES string of the molecule is C#CC1=C2C=C(C(C)(C)C)C=C3C=CC4=CC(C(C)(C)C)=CC(=C1)[C@]4(C)[C@]32C. The molecule has 0 aromatic carbocycles. The smallest absolute Gasteiger partial charge is 0.0321 e. The number of rotatable bonds is 0. The molecule has 0 unspecified atom stereocenters. The van der Waals surface area contributed by atoms with Crippen molar-refractivity contribution in [1.29, 1.82) is 0 Å². The average Bonchev–Trinajstić information content (AvgIpc) is 2.57. The zero-order valence-corrected chi connectivity index (χ0v) is 18.6. The lowest BCUT2D eigenvalue weighted by molar-refractivity contribution is 0.244. The minimum absolute atomic E-state index is 0.0851. The van der Waals surface area contributed by atoms with Crippen molar-refractivity contribution in [2.24, 2.45) is 21.7 Å². The Kier molecular flexibility index (Phi) is 3.69. The van der Waals surface area contributed by atoms with E-state index in [0.717, 1.165) is 5.57 Å². The van der Waals surface area contributed by atoms with Crippen molar-refractivity contribution in [2.75, 3.05) is 0 Å². The van der Waals surface area contributed by atoms with Crippen molar-refractivity contribution < 1.29 is 0 Å². The molecule has 28 heavy (non-hydrogen) atoms. The molecule has 4 rings (SSSR count). The summed E-state index contributed by atoms with van der Waals surface area (Å²) in [5.41, 5.74) is 9.11. The topological polar surface area (TPSA) is 0 Å². The third kappa shape index (κ3) is 2.26. The van der Waals surface area contributed by atoms with E-state index in [-0.39, 0.29) is 21.7 Å². The molecule has 0 aliphatic heterocycles. The first kappa shape index (κ1) is 19.1. The maximum Gasteiger partial charge on any atom is 0.0321 e. The van der Waals surface area contributed by atoms with E-state index in [9.17, 15) is 0 Å². The van der Waals surface area contributed by atoms with Gasteiger partial charge in [-0.2, -0.15) is 0 Å². The van der Waals surface area contributed by atoms with Crippen LogP contribution in [-0.4, -0.2) is 0 Å². The summed E-state index contributed by atoms with van der Waals surface area (Å²) in [6.07, 6.45) is 22.6. The van der Waals surface area contributed by atoms with E-state index < -0.39 is 0 Å². The fourth-order valence-corrected chi connectivity index (χ4v) is 5.14. The Balaban J connectivity index is 2.10. The molecule has 2 atom stereocenters. The highest BCUT2D eigenvalue weighted by atomic mass is 14.6. The second kappa shape index (κ2) is 5.42. The van der Waals surface area contributed by atoms with Gasteiger partial charge < -0.3 is 0 Å².